The quantitative estimate of drug-likeness (QED) is 0.507. The summed E-state index contributed by atoms with van der Waals surface area (Å²) < 4.78 is 27.8. The Morgan fingerprint density at radius 3 is 2.63 bits per heavy atom. The lowest BCUT2D eigenvalue weighted by molar-refractivity contribution is -0.0417. The molecule has 1 aliphatic rings. The third-order valence-electron chi connectivity index (χ3n) is 3.41. The molecule has 1 aromatic rings. The summed E-state index contributed by atoms with van der Waals surface area (Å²) in [5, 5.41) is 0.378. The number of halogens is 4. The molecular weight excluding hydrogens is 385 g/mol. The van der Waals surface area contributed by atoms with Crippen molar-refractivity contribution >= 4 is 34.2 Å². The van der Waals surface area contributed by atoms with E-state index in [-0.39, 0.29) is 24.7 Å². The molecule has 1 aliphatic carbocycles. The van der Waals surface area contributed by atoms with E-state index in [2.05, 4.69) is 32.6 Å². The molecule has 0 radical (unpaired) electrons. The van der Waals surface area contributed by atoms with E-state index in [0.717, 1.165) is 9.26 Å². The van der Waals surface area contributed by atoms with E-state index in [1.54, 1.807) is 0 Å². The number of hydrogen-bond donors (Lipinski definition) is 0. The Morgan fingerprint density at radius 1 is 1.37 bits per heavy atom. The van der Waals surface area contributed by atoms with Crippen LogP contribution in [0, 0.1) is 3.57 Å². The largest absolute Gasteiger partial charge is 0.248 e. The van der Waals surface area contributed by atoms with Crippen LogP contribution in [0.1, 0.15) is 62.9 Å². The van der Waals surface area contributed by atoms with Gasteiger partial charge in [-0.15, -0.1) is 0 Å². The first-order chi connectivity index (χ1) is 8.80. The molecule has 1 aromatic heterocycles. The van der Waals surface area contributed by atoms with Crippen molar-refractivity contribution in [1.29, 1.82) is 0 Å². The fourth-order valence-electron chi connectivity index (χ4n) is 2.41. The lowest BCUT2D eigenvalue weighted by Gasteiger charge is -2.28. The number of nitrogens with zero attached hydrogens (tertiary/aromatic N) is 2. The fourth-order valence-corrected chi connectivity index (χ4v) is 3.46. The molecule has 1 heterocycles. The van der Waals surface area contributed by atoms with E-state index < -0.39 is 5.92 Å². The van der Waals surface area contributed by atoms with Crippen LogP contribution in [0.2, 0.25) is 5.15 Å². The Morgan fingerprint density at radius 2 is 2.05 bits per heavy atom. The Kier molecular flexibility index (Phi) is 4.65. The van der Waals surface area contributed by atoms with E-state index >= 15 is 0 Å². The van der Waals surface area contributed by atoms with Gasteiger partial charge in [0, 0.05) is 18.8 Å². The Balaban J connectivity index is 2.35. The normalized spacial score (nSPS) is 22.8. The molecule has 2 rings (SSSR count). The van der Waals surface area contributed by atoms with Crippen LogP contribution in [-0.4, -0.2) is 15.9 Å². The summed E-state index contributed by atoms with van der Waals surface area (Å²) >= 11 is 8.22. The molecule has 19 heavy (non-hydrogen) atoms. The third kappa shape index (κ3) is 3.54. The van der Waals surface area contributed by atoms with Gasteiger partial charge >= 0.3 is 0 Å². The average Bonchev–Trinajstić information content (AvgIpc) is 2.30. The molecule has 1 fully saturated rings. The molecule has 0 saturated heterocycles. The highest BCUT2D eigenvalue weighted by atomic mass is 127. The Bertz CT molecular complexity index is 480. The average molecular weight is 401 g/mol. The first kappa shape index (κ1) is 15.4. The molecule has 0 bridgehead atoms. The Labute approximate surface area is 130 Å². The molecule has 6 heteroatoms. The maximum atomic E-state index is 13.5. The lowest BCUT2D eigenvalue weighted by atomic mass is 9.86. The topological polar surface area (TPSA) is 25.8 Å². The van der Waals surface area contributed by atoms with E-state index in [1.165, 1.54) is 0 Å². The lowest BCUT2D eigenvalue weighted by Crippen LogP contribution is -2.26. The molecule has 106 valence electrons. The summed E-state index contributed by atoms with van der Waals surface area (Å²) in [7, 11) is 0. The second-order valence-electron chi connectivity index (χ2n) is 5.38. The van der Waals surface area contributed by atoms with Crippen molar-refractivity contribution in [2.24, 2.45) is 0 Å². The molecule has 1 unspecified atom stereocenters. The van der Waals surface area contributed by atoms with Gasteiger partial charge in [-0.25, -0.2) is 18.7 Å². The van der Waals surface area contributed by atoms with E-state index in [9.17, 15) is 8.78 Å². The summed E-state index contributed by atoms with van der Waals surface area (Å²) in [6, 6.07) is 0. The first-order valence-corrected chi connectivity index (χ1v) is 7.86. The van der Waals surface area contributed by atoms with Crippen molar-refractivity contribution in [3.05, 3.63) is 20.2 Å². The number of hydrogen-bond acceptors (Lipinski definition) is 2. The zero-order valence-electron chi connectivity index (χ0n) is 10.9. The zero-order valence-corrected chi connectivity index (χ0v) is 13.8. The smallest absolute Gasteiger partial charge is 0.236 e. The van der Waals surface area contributed by atoms with Crippen LogP contribution in [0.25, 0.3) is 0 Å². The summed E-state index contributed by atoms with van der Waals surface area (Å²) in [4.78, 5) is 8.70. The molecule has 1 atom stereocenters. The Hall–Kier alpha value is -0.0400. The van der Waals surface area contributed by atoms with Crippen LogP contribution < -0.4 is 0 Å². The van der Waals surface area contributed by atoms with Crippen molar-refractivity contribution in [3.8, 4) is 0 Å². The standard InChI is InChI=1S/C13H16ClF2IN2/c1-7(2)10-9(17)11(14)19-12(18-10)8-4-3-5-13(15,16)6-8/h7-8H,3-6H2,1-2H3. The summed E-state index contributed by atoms with van der Waals surface area (Å²) in [6.07, 6.45) is 1.03. The molecule has 0 N–H and O–H groups in total. The second kappa shape index (κ2) is 5.76. The van der Waals surface area contributed by atoms with Crippen molar-refractivity contribution in [2.75, 3.05) is 0 Å². The van der Waals surface area contributed by atoms with Gasteiger partial charge in [-0.2, -0.15) is 0 Å². The molecule has 1 saturated carbocycles. The highest BCUT2D eigenvalue weighted by molar-refractivity contribution is 14.1. The number of alkyl halides is 2. The number of aromatic nitrogens is 2. The zero-order chi connectivity index (χ0) is 14.2. The molecule has 0 spiro atoms. The minimum atomic E-state index is -2.60. The summed E-state index contributed by atoms with van der Waals surface area (Å²) in [5.74, 6) is -2.20. The molecular formula is C13H16ClF2IN2. The predicted molar refractivity (Wildman–Crippen MR) is 80.0 cm³/mol. The van der Waals surface area contributed by atoms with Crippen molar-refractivity contribution < 1.29 is 8.78 Å². The van der Waals surface area contributed by atoms with Gasteiger partial charge in [-0.05, 0) is 41.4 Å². The summed E-state index contributed by atoms with van der Waals surface area (Å²) in [6.45, 7) is 4.03. The van der Waals surface area contributed by atoms with Gasteiger partial charge in [0.15, 0.2) is 0 Å². The highest BCUT2D eigenvalue weighted by Gasteiger charge is 2.38. The fraction of sp³-hybridized carbons (Fsp3) is 0.692. The minimum absolute atomic E-state index is 0.0291. The molecule has 0 aliphatic heterocycles. The maximum Gasteiger partial charge on any atom is 0.248 e. The maximum absolute atomic E-state index is 13.5. The van der Waals surface area contributed by atoms with Gasteiger partial charge in [0.25, 0.3) is 0 Å². The van der Waals surface area contributed by atoms with Gasteiger partial charge in [0.05, 0.1) is 9.26 Å². The SMILES string of the molecule is CC(C)c1nc(C2CCCC(F)(F)C2)nc(Cl)c1I. The summed E-state index contributed by atoms with van der Waals surface area (Å²) in [5.41, 5.74) is 0.851. The van der Waals surface area contributed by atoms with Gasteiger partial charge in [0.1, 0.15) is 11.0 Å². The van der Waals surface area contributed by atoms with Crippen LogP contribution in [0.3, 0.4) is 0 Å². The minimum Gasteiger partial charge on any atom is -0.236 e. The van der Waals surface area contributed by atoms with Crippen LogP contribution in [0.5, 0.6) is 0 Å². The van der Waals surface area contributed by atoms with E-state index in [1.807, 2.05) is 13.8 Å². The van der Waals surface area contributed by atoms with E-state index in [0.29, 0.717) is 23.8 Å². The van der Waals surface area contributed by atoms with Gasteiger partial charge in [0.2, 0.25) is 5.92 Å². The molecule has 2 nitrogen and oxygen atoms in total. The van der Waals surface area contributed by atoms with Crippen molar-refractivity contribution in [1.82, 2.24) is 9.97 Å². The van der Waals surface area contributed by atoms with Crippen LogP contribution >= 0.6 is 34.2 Å². The van der Waals surface area contributed by atoms with E-state index in [4.69, 9.17) is 11.6 Å². The monoisotopic (exact) mass is 400 g/mol. The predicted octanol–water partition coefficient (Wildman–Crippen LogP) is 5.15. The molecule has 0 amide bonds. The van der Waals surface area contributed by atoms with Crippen LogP contribution in [0.15, 0.2) is 0 Å². The molecule has 0 aromatic carbocycles. The van der Waals surface area contributed by atoms with Crippen molar-refractivity contribution in [3.63, 3.8) is 0 Å². The third-order valence-corrected chi connectivity index (χ3v) is 5.06. The van der Waals surface area contributed by atoms with Crippen LogP contribution in [0.4, 0.5) is 8.78 Å². The van der Waals surface area contributed by atoms with Gasteiger partial charge in [-0.1, -0.05) is 25.4 Å². The van der Waals surface area contributed by atoms with Crippen molar-refractivity contribution in [2.45, 2.75) is 57.3 Å². The highest BCUT2D eigenvalue weighted by Crippen LogP contribution is 2.41. The van der Waals surface area contributed by atoms with Crippen LogP contribution in [-0.2, 0) is 0 Å². The first-order valence-electron chi connectivity index (χ1n) is 6.41. The van der Waals surface area contributed by atoms with Gasteiger partial charge in [-0.3, -0.25) is 0 Å². The van der Waals surface area contributed by atoms with Gasteiger partial charge < -0.3 is 0 Å². The second-order valence-corrected chi connectivity index (χ2v) is 6.81. The number of rotatable bonds is 2.